The van der Waals surface area contributed by atoms with Crippen LogP contribution < -0.4 is 4.74 Å². The minimum Gasteiger partial charge on any atom is -0.483 e. The lowest BCUT2D eigenvalue weighted by atomic mass is 10.1. The molecule has 0 aromatic heterocycles. The van der Waals surface area contributed by atoms with Gasteiger partial charge in [-0.15, -0.1) is 0 Å². The molecule has 0 aliphatic carbocycles. The first kappa shape index (κ1) is 31.8. The van der Waals surface area contributed by atoms with Gasteiger partial charge < -0.3 is 23.7 Å². The third-order valence-corrected chi connectivity index (χ3v) is 10.8. The SMILES string of the molecule is CC(Oc1ccc([S+](c2ccc(C3(C)OCCCO3)cc2)c2ccc(C3(C)OCCCO3)cc2)cc1)C(F)(F)S(=O)(=O)O. The number of rotatable bonds is 9. The molecule has 2 aliphatic heterocycles. The first-order chi connectivity index (χ1) is 20.3. The van der Waals surface area contributed by atoms with Crippen LogP contribution in [-0.2, 0) is 51.5 Å². The average Bonchev–Trinajstić information content (AvgIpc) is 2.99. The molecule has 2 saturated heterocycles. The van der Waals surface area contributed by atoms with Crippen molar-refractivity contribution in [3.8, 4) is 5.75 Å². The van der Waals surface area contributed by atoms with Gasteiger partial charge in [-0.2, -0.15) is 17.2 Å². The number of halogens is 2. The summed E-state index contributed by atoms with van der Waals surface area (Å²) in [5, 5.41) is -4.47. The van der Waals surface area contributed by atoms with Crippen molar-refractivity contribution in [2.24, 2.45) is 0 Å². The fourth-order valence-electron chi connectivity index (χ4n) is 4.93. The van der Waals surface area contributed by atoms with Crippen molar-refractivity contribution < 1.29 is 45.4 Å². The van der Waals surface area contributed by atoms with Gasteiger partial charge in [0, 0.05) is 11.1 Å². The van der Waals surface area contributed by atoms with Gasteiger partial charge in [-0.3, -0.25) is 4.55 Å². The van der Waals surface area contributed by atoms with Crippen molar-refractivity contribution in [1.29, 1.82) is 0 Å². The van der Waals surface area contributed by atoms with Gasteiger partial charge in [0.15, 0.2) is 32.4 Å². The molecule has 1 N–H and O–H groups in total. The first-order valence-electron chi connectivity index (χ1n) is 14.0. The van der Waals surface area contributed by atoms with Gasteiger partial charge in [0.2, 0.25) is 0 Å². The Labute approximate surface area is 253 Å². The van der Waals surface area contributed by atoms with Gasteiger partial charge in [-0.25, -0.2) is 0 Å². The monoisotopic (exact) mass is 637 g/mol. The molecule has 0 bridgehead atoms. The van der Waals surface area contributed by atoms with Crippen LogP contribution in [-0.4, -0.2) is 50.8 Å². The molecule has 0 spiro atoms. The Morgan fingerprint density at radius 1 is 0.744 bits per heavy atom. The predicted octanol–water partition coefficient (Wildman–Crippen LogP) is 6.25. The number of alkyl halides is 2. The van der Waals surface area contributed by atoms with Crippen molar-refractivity contribution in [2.45, 2.75) is 71.2 Å². The van der Waals surface area contributed by atoms with Crippen LogP contribution >= 0.6 is 0 Å². The fourth-order valence-corrected chi connectivity index (χ4v) is 7.44. The number of benzene rings is 3. The van der Waals surface area contributed by atoms with Gasteiger partial charge >= 0.3 is 15.4 Å². The lowest BCUT2D eigenvalue weighted by molar-refractivity contribution is -0.265. The summed E-state index contributed by atoms with van der Waals surface area (Å²) >= 11 is 0. The highest BCUT2D eigenvalue weighted by atomic mass is 32.2. The summed E-state index contributed by atoms with van der Waals surface area (Å²) < 4.78 is 88.2. The smallest absolute Gasteiger partial charge is 0.405 e. The maximum absolute atomic E-state index is 14.1. The molecule has 0 amide bonds. The van der Waals surface area contributed by atoms with Crippen molar-refractivity contribution in [1.82, 2.24) is 0 Å². The molecule has 12 heteroatoms. The van der Waals surface area contributed by atoms with E-state index in [9.17, 15) is 17.2 Å². The summed E-state index contributed by atoms with van der Waals surface area (Å²) in [6, 6.07) is 22.5. The van der Waals surface area contributed by atoms with Crippen molar-refractivity contribution in [2.75, 3.05) is 26.4 Å². The van der Waals surface area contributed by atoms with Crippen molar-refractivity contribution >= 4 is 21.0 Å². The normalized spacial score (nSPS) is 19.6. The Morgan fingerprint density at radius 3 is 1.44 bits per heavy atom. The Morgan fingerprint density at radius 2 is 1.09 bits per heavy atom. The van der Waals surface area contributed by atoms with Gasteiger partial charge in [-0.1, -0.05) is 0 Å². The van der Waals surface area contributed by atoms with Gasteiger partial charge in [-0.05, 0) is 106 Å². The third kappa shape index (κ3) is 6.75. The first-order valence-corrected chi connectivity index (χ1v) is 16.6. The van der Waals surface area contributed by atoms with Crippen LogP contribution in [0.1, 0.15) is 44.7 Å². The number of ether oxygens (including phenoxy) is 5. The van der Waals surface area contributed by atoms with E-state index in [-0.39, 0.29) is 5.75 Å². The van der Waals surface area contributed by atoms with Crippen LogP contribution in [0.3, 0.4) is 0 Å². The molecule has 2 aliphatic rings. The highest BCUT2D eigenvalue weighted by Crippen LogP contribution is 2.38. The molecule has 43 heavy (non-hydrogen) atoms. The second kappa shape index (κ2) is 12.4. The molecule has 2 heterocycles. The maximum Gasteiger partial charge on any atom is 0.405 e. The molecule has 8 nitrogen and oxygen atoms in total. The molecule has 1 atom stereocenters. The fraction of sp³-hybridized carbons (Fsp3) is 0.419. The van der Waals surface area contributed by atoms with E-state index in [0.29, 0.717) is 26.4 Å². The molecule has 3 aromatic carbocycles. The minimum absolute atomic E-state index is 0.0351. The highest BCUT2D eigenvalue weighted by molar-refractivity contribution is 7.97. The van der Waals surface area contributed by atoms with Crippen LogP contribution in [0.5, 0.6) is 5.75 Å². The Hall–Kier alpha value is -2.58. The largest absolute Gasteiger partial charge is 0.483 e. The molecule has 2 fully saturated rings. The Balaban J connectivity index is 1.46. The van der Waals surface area contributed by atoms with Crippen molar-refractivity contribution in [3.63, 3.8) is 0 Å². The third-order valence-electron chi connectivity index (χ3n) is 7.51. The zero-order valence-corrected chi connectivity index (χ0v) is 25.8. The summed E-state index contributed by atoms with van der Waals surface area (Å²) in [6.07, 6.45) is -0.426. The summed E-state index contributed by atoms with van der Waals surface area (Å²) in [6.45, 7) is 7.15. The molecular formula is C31H35F2O8S2+. The number of hydrogen-bond acceptors (Lipinski definition) is 7. The molecule has 3 aromatic rings. The molecule has 1 unspecified atom stereocenters. The maximum atomic E-state index is 14.1. The van der Waals surface area contributed by atoms with E-state index in [4.69, 9.17) is 28.2 Å². The quantitative estimate of drug-likeness (QED) is 0.217. The summed E-state index contributed by atoms with van der Waals surface area (Å²) in [5.41, 5.74) is 1.79. The van der Waals surface area contributed by atoms with E-state index in [1.54, 1.807) is 12.1 Å². The lowest BCUT2D eigenvalue weighted by Gasteiger charge is -2.34. The van der Waals surface area contributed by atoms with E-state index < -0.39 is 43.9 Å². The Kier molecular flexibility index (Phi) is 9.20. The van der Waals surface area contributed by atoms with E-state index in [1.807, 2.05) is 62.4 Å². The molecule has 0 saturated carbocycles. The van der Waals surface area contributed by atoms with E-state index in [2.05, 4.69) is 0 Å². The van der Waals surface area contributed by atoms with Crippen LogP contribution in [0.15, 0.2) is 87.5 Å². The molecule has 232 valence electrons. The summed E-state index contributed by atoms with van der Waals surface area (Å²) in [4.78, 5) is 2.86. The minimum atomic E-state index is -5.64. The molecule has 0 radical (unpaired) electrons. The van der Waals surface area contributed by atoms with E-state index in [0.717, 1.165) is 45.6 Å². The van der Waals surface area contributed by atoms with Crippen LogP contribution in [0.4, 0.5) is 8.78 Å². The second-order valence-electron chi connectivity index (χ2n) is 10.6. The van der Waals surface area contributed by atoms with Crippen LogP contribution in [0, 0.1) is 0 Å². The molecular weight excluding hydrogens is 602 g/mol. The van der Waals surface area contributed by atoms with E-state index in [1.165, 1.54) is 12.1 Å². The summed E-state index contributed by atoms with van der Waals surface area (Å²) in [7, 11) is -6.26. The van der Waals surface area contributed by atoms with Crippen LogP contribution in [0.25, 0.3) is 0 Å². The second-order valence-corrected chi connectivity index (χ2v) is 14.1. The van der Waals surface area contributed by atoms with Crippen LogP contribution in [0.2, 0.25) is 0 Å². The van der Waals surface area contributed by atoms with Gasteiger partial charge in [0.05, 0.1) is 37.3 Å². The zero-order chi connectivity index (χ0) is 30.9. The van der Waals surface area contributed by atoms with Gasteiger partial charge in [0.1, 0.15) is 5.75 Å². The van der Waals surface area contributed by atoms with E-state index >= 15 is 0 Å². The Bertz CT molecular complexity index is 1420. The molecule has 5 rings (SSSR count). The van der Waals surface area contributed by atoms with Gasteiger partial charge in [0.25, 0.3) is 0 Å². The average molecular weight is 638 g/mol. The topological polar surface area (TPSA) is 101 Å². The standard InChI is InChI=1S/C31H34F2O8S2/c1-22(31(32,33)43(34,35)36)41-25-10-16-28(17-11-25)42(26-12-6-23(7-13-26)29(2)37-18-4-19-38-29)27-14-8-24(9-15-27)30(3)39-20-5-21-40-30/h6-17,22H,4-5,18-21H2,1-3H3/p+1. The number of hydrogen-bond donors (Lipinski definition) is 1. The summed E-state index contributed by atoms with van der Waals surface area (Å²) in [5.74, 6) is -1.62. The predicted molar refractivity (Wildman–Crippen MR) is 156 cm³/mol. The lowest BCUT2D eigenvalue weighted by Crippen LogP contribution is -2.42. The highest BCUT2D eigenvalue weighted by Gasteiger charge is 2.51. The van der Waals surface area contributed by atoms with Crippen molar-refractivity contribution in [3.05, 3.63) is 83.9 Å². The zero-order valence-electron chi connectivity index (χ0n) is 24.1.